The van der Waals surface area contributed by atoms with Crippen molar-refractivity contribution in [2.24, 2.45) is 0 Å². The average molecular weight is 326 g/mol. The summed E-state index contributed by atoms with van der Waals surface area (Å²) < 4.78 is 19.2. The number of rotatable bonds is 3. The van der Waals surface area contributed by atoms with E-state index >= 15 is 0 Å². The number of para-hydroxylation sites is 1. The van der Waals surface area contributed by atoms with Gasteiger partial charge in [0, 0.05) is 35.8 Å². The highest BCUT2D eigenvalue weighted by Gasteiger charge is 2.41. The van der Waals surface area contributed by atoms with E-state index in [2.05, 4.69) is 34.5 Å². The molecule has 0 unspecified atom stereocenters. The largest absolute Gasteiger partial charge is 0.497 e. The molecule has 1 N–H and O–H groups in total. The molecule has 24 heavy (non-hydrogen) atoms. The Morgan fingerprint density at radius 2 is 1.96 bits per heavy atom. The third-order valence-electron chi connectivity index (χ3n) is 5.58. The Hall–Kier alpha value is -2.07. The van der Waals surface area contributed by atoms with Crippen LogP contribution >= 0.6 is 0 Å². The van der Waals surface area contributed by atoms with Gasteiger partial charge in [-0.2, -0.15) is 0 Å². The summed E-state index contributed by atoms with van der Waals surface area (Å²) in [4.78, 5) is 2.36. The van der Waals surface area contributed by atoms with Crippen molar-refractivity contribution in [3.8, 4) is 5.75 Å². The van der Waals surface area contributed by atoms with Crippen LogP contribution < -0.4 is 10.1 Å². The second-order valence-corrected chi connectivity index (χ2v) is 6.91. The van der Waals surface area contributed by atoms with Gasteiger partial charge in [-0.25, -0.2) is 4.39 Å². The van der Waals surface area contributed by atoms with Crippen molar-refractivity contribution >= 4 is 5.69 Å². The lowest BCUT2D eigenvalue weighted by molar-refractivity contribution is 0.161. The molecule has 126 valence electrons. The van der Waals surface area contributed by atoms with Gasteiger partial charge >= 0.3 is 0 Å². The molecule has 4 heteroatoms. The molecule has 0 saturated carbocycles. The van der Waals surface area contributed by atoms with Gasteiger partial charge in [0.1, 0.15) is 11.6 Å². The summed E-state index contributed by atoms with van der Waals surface area (Å²) in [7, 11) is 1.56. The monoisotopic (exact) mass is 326 g/mol. The molecule has 0 atom stereocenters. The van der Waals surface area contributed by atoms with E-state index in [9.17, 15) is 4.39 Å². The number of anilines is 1. The molecule has 2 aromatic carbocycles. The number of nitrogens with zero attached hydrogens (tertiary/aromatic N) is 1. The molecule has 1 fully saturated rings. The first-order valence-corrected chi connectivity index (χ1v) is 8.58. The first-order valence-electron chi connectivity index (χ1n) is 8.58. The van der Waals surface area contributed by atoms with E-state index in [-0.39, 0.29) is 11.2 Å². The highest BCUT2D eigenvalue weighted by molar-refractivity contribution is 5.60. The minimum Gasteiger partial charge on any atom is -0.497 e. The number of hydrogen-bond acceptors (Lipinski definition) is 3. The van der Waals surface area contributed by atoms with E-state index in [4.69, 9.17) is 4.74 Å². The summed E-state index contributed by atoms with van der Waals surface area (Å²) in [6.45, 7) is 3.70. The van der Waals surface area contributed by atoms with E-state index in [0.29, 0.717) is 12.3 Å². The van der Waals surface area contributed by atoms with Crippen LogP contribution in [0.4, 0.5) is 10.1 Å². The number of benzene rings is 2. The van der Waals surface area contributed by atoms with Gasteiger partial charge in [0.05, 0.1) is 7.11 Å². The summed E-state index contributed by atoms with van der Waals surface area (Å²) in [6, 6.07) is 13.8. The SMILES string of the molecule is COc1ccc(CN2CCC3(CC2)CNc2ccccc23)c(F)c1. The smallest absolute Gasteiger partial charge is 0.131 e. The van der Waals surface area contributed by atoms with Crippen molar-refractivity contribution in [1.82, 2.24) is 4.90 Å². The van der Waals surface area contributed by atoms with E-state index in [1.54, 1.807) is 7.11 Å². The number of nitrogens with one attached hydrogen (secondary N) is 1. The number of methoxy groups -OCH3 is 1. The Bertz CT molecular complexity index is 738. The van der Waals surface area contributed by atoms with Crippen LogP contribution in [-0.2, 0) is 12.0 Å². The summed E-state index contributed by atoms with van der Waals surface area (Å²) in [5.74, 6) is 0.394. The highest BCUT2D eigenvalue weighted by Crippen LogP contribution is 2.43. The van der Waals surface area contributed by atoms with Gasteiger partial charge in [0.2, 0.25) is 0 Å². The fraction of sp³-hybridized carbons (Fsp3) is 0.400. The van der Waals surface area contributed by atoms with Gasteiger partial charge in [0.15, 0.2) is 0 Å². The zero-order valence-corrected chi connectivity index (χ0v) is 14.0. The summed E-state index contributed by atoms with van der Waals surface area (Å²) in [6.07, 6.45) is 2.24. The number of ether oxygens (including phenoxy) is 1. The second kappa shape index (κ2) is 6.10. The van der Waals surface area contributed by atoms with Crippen molar-refractivity contribution in [2.45, 2.75) is 24.8 Å². The molecule has 2 aliphatic heterocycles. The zero-order valence-electron chi connectivity index (χ0n) is 14.0. The third kappa shape index (κ3) is 2.65. The lowest BCUT2D eigenvalue weighted by Crippen LogP contribution is -2.43. The van der Waals surface area contributed by atoms with Crippen molar-refractivity contribution in [1.29, 1.82) is 0 Å². The molecule has 3 nitrogen and oxygen atoms in total. The predicted octanol–water partition coefficient (Wildman–Crippen LogP) is 3.79. The topological polar surface area (TPSA) is 24.5 Å². The molecule has 0 aromatic heterocycles. The van der Waals surface area contributed by atoms with Gasteiger partial charge in [-0.05, 0) is 43.6 Å². The Morgan fingerprint density at radius 1 is 1.17 bits per heavy atom. The minimum absolute atomic E-state index is 0.178. The molecule has 1 spiro atoms. The fourth-order valence-corrected chi connectivity index (χ4v) is 4.07. The van der Waals surface area contributed by atoms with Crippen LogP contribution in [0, 0.1) is 5.82 Å². The van der Waals surface area contributed by atoms with Crippen LogP contribution in [0.3, 0.4) is 0 Å². The van der Waals surface area contributed by atoms with Crippen molar-refractivity contribution in [2.75, 3.05) is 32.1 Å². The first kappa shape index (κ1) is 15.5. The van der Waals surface area contributed by atoms with Crippen molar-refractivity contribution < 1.29 is 9.13 Å². The Kier molecular flexibility index (Phi) is 3.93. The quantitative estimate of drug-likeness (QED) is 0.929. The molecule has 0 bridgehead atoms. The maximum absolute atomic E-state index is 14.2. The molecule has 4 rings (SSSR count). The van der Waals surface area contributed by atoms with E-state index in [0.717, 1.165) is 38.0 Å². The van der Waals surface area contributed by atoms with Crippen LogP contribution in [0.2, 0.25) is 0 Å². The first-order chi connectivity index (χ1) is 11.7. The van der Waals surface area contributed by atoms with Crippen LogP contribution in [-0.4, -0.2) is 31.6 Å². The Labute approximate surface area is 142 Å². The molecule has 1 saturated heterocycles. The molecular formula is C20H23FN2O. The van der Waals surface area contributed by atoms with Gasteiger partial charge in [0.25, 0.3) is 0 Å². The number of piperidine rings is 1. The lowest BCUT2D eigenvalue weighted by Gasteiger charge is -2.39. The summed E-state index contributed by atoms with van der Waals surface area (Å²) >= 11 is 0. The van der Waals surface area contributed by atoms with Gasteiger partial charge in [-0.1, -0.05) is 24.3 Å². The van der Waals surface area contributed by atoms with Gasteiger partial charge < -0.3 is 10.1 Å². The molecule has 0 radical (unpaired) electrons. The minimum atomic E-state index is -0.178. The standard InChI is InChI=1S/C20H23FN2O/c1-24-16-7-6-15(18(21)12-16)13-23-10-8-20(9-11-23)14-22-19-5-3-2-4-17(19)20/h2-7,12,22H,8-11,13-14H2,1H3. The Balaban J connectivity index is 1.44. The third-order valence-corrected chi connectivity index (χ3v) is 5.58. The molecule has 2 aromatic rings. The van der Waals surface area contributed by atoms with Crippen LogP contribution in [0.1, 0.15) is 24.0 Å². The van der Waals surface area contributed by atoms with Crippen molar-refractivity contribution in [3.05, 3.63) is 59.4 Å². The number of hydrogen-bond donors (Lipinski definition) is 1. The molecule has 2 aliphatic rings. The maximum Gasteiger partial charge on any atom is 0.131 e. The zero-order chi connectivity index (χ0) is 16.6. The molecule has 0 aliphatic carbocycles. The van der Waals surface area contributed by atoms with E-state index in [1.807, 2.05) is 12.1 Å². The summed E-state index contributed by atoms with van der Waals surface area (Å²) in [5.41, 5.74) is 3.75. The number of likely N-dealkylation sites (tertiary alicyclic amines) is 1. The van der Waals surface area contributed by atoms with Crippen LogP contribution in [0.15, 0.2) is 42.5 Å². The van der Waals surface area contributed by atoms with Gasteiger partial charge in [-0.3, -0.25) is 4.90 Å². The second-order valence-electron chi connectivity index (χ2n) is 6.91. The lowest BCUT2D eigenvalue weighted by atomic mass is 9.74. The van der Waals surface area contributed by atoms with Crippen molar-refractivity contribution in [3.63, 3.8) is 0 Å². The Morgan fingerprint density at radius 3 is 2.71 bits per heavy atom. The number of fused-ring (bicyclic) bond motifs is 2. The van der Waals surface area contributed by atoms with E-state index in [1.165, 1.54) is 17.3 Å². The number of halogens is 1. The van der Waals surface area contributed by atoms with E-state index < -0.39 is 0 Å². The maximum atomic E-state index is 14.2. The van der Waals surface area contributed by atoms with Crippen LogP contribution in [0.5, 0.6) is 5.75 Å². The molecule has 2 heterocycles. The summed E-state index contributed by atoms with van der Waals surface area (Å²) in [5, 5.41) is 3.55. The van der Waals surface area contributed by atoms with Crippen LogP contribution in [0.25, 0.3) is 0 Å². The highest BCUT2D eigenvalue weighted by atomic mass is 19.1. The fourth-order valence-electron chi connectivity index (χ4n) is 4.07. The molecule has 0 amide bonds. The molecular weight excluding hydrogens is 303 g/mol. The normalized spacial score (nSPS) is 19.1. The predicted molar refractivity (Wildman–Crippen MR) is 94.1 cm³/mol. The van der Waals surface area contributed by atoms with Gasteiger partial charge in [-0.15, -0.1) is 0 Å². The average Bonchev–Trinajstić information content (AvgIpc) is 2.97.